The van der Waals surface area contributed by atoms with Crippen LogP contribution in [0.3, 0.4) is 0 Å². The molecule has 0 bridgehead atoms. The zero-order valence-electron chi connectivity index (χ0n) is 7.72. The number of rotatable bonds is 4. The van der Waals surface area contributed by atoms with Crippen LogP contribution in [0.2, 0.25) is 5.02 Å². The van der Waals surface area contributed by atoms with Gasteiger partial charge in [0.15, 0.2) is 0 Å². The minimum Gasteiger partial charge on any atom is -0.478 e. The van der Waals surface area contributed by atoms with Crippen LogP contribution in [0.1, 0.15) is 5.56 Å². The van der Waals surface area contributed by atoms with E-state index in [1.807, 2.05) is 0 Å². The highest BCUT2D eigenvalue weighted by Crippen LogP contribution is 2.16. The second kappa shape index (κ2) is 5.68. The molecule has 0 spiro atoms. The van der Waals surface area contributed by atoms with Crippen LogP contribution in [0.5, 0.6) is 0 Å². The molecular weight excluding hydrogens is 236 g/mol. The van der Waals surface area contributed by atoms with Crippen LogP contribution in [0.25, 0.3) is 0 Å². The molecule has 15 heavy (non-hydrogen) atoms. The van der Waals surface area contributed by atoms with E-state index in [-0.39, 0.29) is 5.75 Å². The molecule has 1 rings (SSSR count). The Hall–Kier alpha value is -1.13. The van der Waals surface area contributed by atoms with Crippen LogP contribution in [0, 0.1) is 0 Å². The van der Waals surface area contributed by atoms with Gasteiger partial charge in [-0.05, 0) is 11.6 Å². The van der Waals surface area contributed by atoms with Gasteiger partial charge in [-0.3, -0.25) is 4.21 Å². The first-order valence-corrected chi connectivity index (χ1v) is 5.87. The number of hydrogen-bond acceptors (Lipinski definition) is 2. The monoisotopic (exact) mass is 244 g/mol. The van der Waals surface area contributed by atoms with Gasteiger partial charge in [-0.2, -0.15) is 0 Å². The first-order chi connectivity index (χ1) is 7.09. The van der Waals surface area contributed by atoms with E-state index in [4.69, 9.17) is 16.7 Å². The van der Waals surface area contributed by atoms with Gasteiger partial charge >= 0.3 is 5.97 Å². The molecule has 0 saturated heterocycles. The average molecular weight is 245 g/mol. The van der Waals surface area contributed by atoms with Gasteiger partial charge in [0.05, 0.1) is 16.6 Å². The van der Waals surface area contributed by atoms with Crippen molar-refractivity contribution in [2.24, 2.45) is 0 Å². The molecule has 0 amide bonds. The topological polar surface area (TPSA) is 54.4 Å². The maximum Gasteiger partial charge on any atom is 0.328 e. The lowest BCUT2D eigenvalue weighted by atomic mass is 10.2. The predicted molar refractivity (Wildman–Crippen MR) is 60.1 cm³/mol. The number of carboxylic acids is 1. The fourth-order valence-electron chi connectivity index (χ4n) is 0.951. The smallest absolute Gasteiger partial charge is 0.328 e. The van der Waals surface area contributed by atoms with Gasteiger partial charge in [-0.25, -0.2) is 4.79 Å². The summed E-state index contributed by atoms with van der Waals surface area (Å²) in [6.07, 6.45) is 0.868. The molecule has 3 nitrogen and oxygen atoms in total. The van der Waals surface area contributed by atoms with Gasteiger partial charge in [0.1, 0.15) is 0 Å². The van der Waals surface area contributed by atoms with Crippen molar-refractivity contribution in [2.75, 3.05) is 0 Å². The number of halogens is 1. The SMILES string of the molecule is O=C(O)/C=C/S(=O)Cc1ccccc1Cl. The third-order valence-electron chi connectivity index (χ3n) is 1.62. The quantitative estimate of drug-likeness (QED) is 0.826. The third kappa shape index (κ3) is 4.27. The van der Waals surface area contributed by atoms with Crippen molar-refractivity contribution in [3.63, 3.8) is 0 Å². The van der Waals surface area contributed by atoms with Crippen LogP contribution in [-0.2, 0) is 21.3 Å². The lowest BCUT2D eigenvalue weighted by Crippen LogP contribution is -1.94. The highest BCUT2D eigenvalue weighted by atomic mass is 35.5. The van der Waals surface area contributed by atoms with Crippen molar-refractivity contribution < 1.29 is 14.1 Å². The van der Waals surface area contributed by atoms with Crippen LogP contribution >= 0.6 is 11.6 Å². The Morgan fingerprint density at radius 3 is 2.73 bits per heavy atom. The van der Waals surface area contributed by atoms with Crippen molar-refractivity contribution in [1.82, 2.24) is 0 Å². The molecule has 1 unspecified atom stereocenters. The number of hydrogen-bond donors (Lipinski definition) is 1. The zero-order chi connectivity index (χ0) is 11.3. The molecular formula is C10H9ClO3S. The molecule has 0 saturated carbocycles. The van der Waals surface area contributed by atoms with Gasteiger partial charge in [-0.1, -0.05) is 29.8 Å². The lowest BCUT2D eigenvalue weighted by molar-refractivity contribution is -0.131. The molecule has 0 aromatic heterocycles. The van der Waals surface area contributed by atoms with E-state index in [2.05, 4.69) is 0 Å². The summed E-state index contributed by atoms with van der Waals surface area (Å²) >= 11 is 5.86. The average Bonchev–Trinajstić information content (AvgIpc) is 2.18. The van der Waals surface area contributed by atoms with Gasteiger partial charge < -0.3 is 5.11 Å². The van der Waals surface area contributed by atoms with Crippen molar-refractivity contribution in [1.29, 1.82) is 0 Å². The Bertz CT molecular complexity index is 415. The van der Waals surface area contributed by atoms with E-state index in [0.717, 1.165) is 17.0 Å². The number of carboxylic acid groups (broad SMARTS) is 1. The number of aliphatic carboxylic acids is 1. The summed E-state index contributed by atoms with van der Waals surface area (Å²) in [5.41, 5.74) is 0.743. The summed E-state index contributed by atoms with van der Waals surface area (Å²) in [4.78, 5) is 10.2. The molecule has 0 heterocycles. The van der Waals surface area contributed by atoms with Gasteiger partial charge in [0.2, 0.25) is 0 Å². The molecule has 0 aliphatic heterocycles. The van der Waals surface area contributed by atoms with Crippen LogP contribution in [-0.4, -0.2) is 15.3 Å². The minimum absolute atomic E-state index is 0.226. The lowest BCUT2D eigenvalue weighted by Gasteiger charge is -2.00. The Balaban J connectivity index is 2.67. The van der Waals surface area contributed by atoms with Crippen molar-refractivity contribution in [3.8, 4) is 0 Å². The molecule has 5 heteroatoms. The predicted octanol–water partition coefficient (Wildman–Crippen LogP) is 2.19. The summed E-state index contributed by atoms with van der Waals surface area (Å²) in [7, 11) is -1.35. The molecule has 1 aromatic carbocycles. The normalized spacial score (nSPS) is 12.9. The molecule has 0 fully saturated rings. The van der Waals surface area contributed by atoms with Crippen LogP contribution in [0.15, 0.2) is 35.7 Å². The first kappa shape index (κ1) is 11.9. The van der Waals surface area contributed by atoms with Crippen LogP contribution < -0.4 is 0 Å². The summed E-state index contributed by atoms with van der Waals surface area (Å²) in [5, 5.41) is 10.0. The van der Waals surface area contributed by atoms with E-state index in [1.54, 1.807) is 24.3 Å². The van der Waals surface area contributed by atoms with Crippen LogP contribution in [0.4, 0.5) is 0 Å². The summed E-state index contributed by atoms with van der Waals surface area (Å²) in [6.45, 7) is 0. The molecule has 0 radical (unpaired) electrons. The van der Waals surface area contributed by atoms with E-state index >= 15 is 0 Å². The number of benzene rings is 1. The van der Waals surface area contributed by atoms with Gasteiger partial charge in [0, 0.05) is 16.5 Å². The van der Waals surface area contributed by atoms with Gasteiger partial charge in [0.25, 0.3) is 0 Å². The Labute approximate surface area is 94.8 Å². The Kier molecular flexibility index (Phi) is 4.52. The molecule has 0 aliphatic carbocycles. The second-order valence-corrected chi connectivity index (χ2v) is 4.49. The second-order valence-electron chi connectivity index (χ2n) is 2.76. The van der Waals surface area contributed by atoms with Crippen molar-refractivity contribution in [3.05, 3.63) is 46.3 Å². The highest BCUT2D eigenvalue weighted by molar-refractivity contribution is 7.87. The Morgan fingerprint density at radius 2 is 2.13 bits per heavy atom. The number of carbonyl (C=O) groups is 1. The maximum absolute atomic E-state index is 11.4. The summed E-state index contributed by atoms with van der Waals surface area (Å²) < 4.78 is 11.4. The van der Waals surface area contributed by atoms with E-state index < -0.39 is 16.8 Å². The molecule has 1 atom stereocenters. The van der Waals surface area contributed by atoms with Crippen molar-refractivity contribution >= 4 is 28.4 Å². The maximum atomic E-state index is 11.4. The standard InChI is InChI=1S/C10H9ClO3S/c11-9-4-2-1-3-8(9)7-15(14)6-5-10(12)13/h1-6H,7H2,(H,12,13)/b6-5+. The molecule has 1 N–H and O–H groups in total. The van der Waals surface area contributed by atoms with Gasteiger partial charge in [-0.15, -0.1) is 0 Å². The van der Waals surface area contributed by atoms with E-state index in [1.165, 1.54) is 0 Å². The highest BCUT2D eigenvalue weighted by Gasteiger charge is 2.02. The van der Waals surface area contributed by atoms with E-state index in [0.29, 0.717) is 5.02 Å². The largest absolute Gasteiger partial charge is 0.478 e. The summed E-state index contributed by atoms with van der Waals surface area (Å²) in [5.74, 6) is -0.883. The first-order valence-electron chi connectivity index (χ1n) is 4.11. The molecule has 1 aromatic rings. The van der Waals surface area contributed by atoms with E-state index in [9.17, 15) is 9.00 Å². The van der Waals surface area contributed by atoms with Crippen molar-refractivity contribution in [2.45, 2.75) is 5.75 Å². The Morgan fingerprint density at radius 1 is 1.47 bits per heavy atom. The zero-order valence-corrected chi connectivity index (χ0v) is 9.29. The fraction of sp³-hybridized carbons (Fsp3) is 0.100. The minimum atomic E-state index is -1.35. The molecule has 80 valence electrons. The molecule has 0 aliphatic rings. The fourth-order valence-corrected chi connectivity index (χ4v) is 2.16. The summed E-state index contributed by atoms with van der Waals surface area (Å²) in [6, 6.07) is 7.03. The third-order valence-corrected chi connectivity index (χ3v) is 3.02.